The van der Waals surface area contributed by atoms with E-state index >= 15 is 0 Å². The van der Waals surface area contributed by atoms with Crippen LogP contribution in [0.5, 0.6) is 0 Å². The molecule has 0 aromatic heterocycles. The molecule has 130 valence electrons. The Balaban J connectivity index is 2.36. The molecule has 0 aliphatic heterocycles. The van der Waals surface area contributed by atoms with Crippen LogP contribution in [0.2, 0.25) is 0 Å². The number of likely N-dealkylation sites (N-methyl/N-ethyl adjacent to an activating group) is 1. The molecule has 24 heavy (non-hydrogen) atoms. The molecule has 1 amide bonds. The third-order valence-electron chi connectivity index (χ3n) is 4.65. The molecule has 0 N–H and O–H groups in total. The zero-order valence-electron chi connectivity index (χ0n) is 15.4. The van der Waals surface area contributed by atoms with Gasteiger partial charge in [0.1, 0.15) is 5.76 Å². The molecular formula is C21H29NO2. The average molecular weight is 327 g/mol. The van der Waals surface area contributed by atoms with Gasteiger partial charge in [-0.05, 0) is 43.0 Å². The first-order valence-electron chi connectivity index (χ1n) is 8.97. The molecule has 1 aromatic carbocycles. The summed E-state index contributed by atoms with van der Waals surface area (Å²) in [4.78, 5) is 14.7. The minimum absolute atomic E-state index is 0.156. The van der Waals surface area contributed by atoms with Crippen molar-refractivity contribution >= 4 is 5.91 Å². The van der Waals surface area contributed by atoms with Crippen molar-refractivity contribution in [2.75, 3.05) is 20.2 Å². The van der Waals surface area contributed by atoms with Crippen LogP contribution in [0.25, 0.3) is 0 Å². The van der Waals surface area contributed by atoms with Gasteiger partial charge in [-0.25, -0.2) is 0 Å². The van der Waals surface area contributed by atoms with Crippen molar-refractivity contribution in [1.82, 2.24) is 4.90 Å². The first-order valence-corrected chi connectivity index (χ1v) is 8.97. The first kappa shape index (κ1) is 18.3. The summed E-state index contributed by atoms with van der Waals surface area (Å²) in [5, 5.41) is 0. The van der Waals surface area contributed by atoms with E-state index in [9.17, 15) is 4.79 Å². The highest BCUT2D eigenvalue weighted by molar-refractivity contribution is 5.94. The standard InChI is InChI=1S/C21H29NO2/c1-5-10-18(21(23)22(6-2)7-3)14-19-13-16-11-8-9-12-17(16)15-20(19)24-4/h8-9,11-12,14H,5-7,10,13,15H2,1-4H3/b18-14+. The minimum Gasteiger partial charge on any atom is -0.500 e. The number of amides is 1. The normalized spacial score (nSPS) is 14.4. The number of carbonyl (C=O) groups is 1. The summed E-state index contributed by atoms with van der Waals surface area (Å²) in [6.07, 6.45) is 5.48. The molecule has 3 heteroatoms. The first-order chi connectivity index (χ1) is 11.6. The van der Waals surface area contributed by atoms with E-state index in [0.717, 1.165) is 55.7 Å². The van der Waals surface area contributed by atoms with Crippen molar-refractivity contribution in [1.29, 1.82) is 0 Å². The number of benzene rings is 1. The summed E-state index contributed by atoms with van der Waals surface area (Å²) >= 11 is 0. The zero-order chi connectivity index (χ0) is 17.5. The Morgan fingerprint density at radius 1 is 1.12 bits per heavy atom. The lowest BCUT2D eigenvalue weighted by Gasteiger charge is -2.23. The lowest BCUT2D eigenvalue weighted by molar-refractivity contribution is -0.126. The highest BCUT2D eigenvalue weighted by Crippen LogP contribution is 2.28. The van der Waals surface area contributed by atoms with Crippen molar-refractivity contribution in [3.8, 4) is 0 Å². The summed E-state index contributed by atoms with van der Waals surface area (Å²) < 4.78 is 5.64. The molecule has 0 fully saturated rings. The Bertz CT molecular complexity index is 639. The van der Waals surface area contributed by atoms with E-state index in [1.165, 1.54) is 11.1 Å². The lowest BCUT2D eigenvalue weighted by Crippen LogP contribution is -2.31. The molecule has 0 saturated heterocycles. The summed E-state index contributed by atoms with van der Waals surface area (Å²) in [5.74, 6) is 1.14. The molecule has 0 heterocycles. The largest absolute Gasteiger partial charge is 0.500 e. The van der Waals surface area contributed by atoms with Gasteiger partial charge in [-0.1, -0.05) is 37.6 Å². The fraction of sp³-hybridized carbons (Fsp3) is 0.476. The van der Waals surface area contributed by atoms with Gasteiger partial charge in [0, 0.05) is 31.5 Å². The number of nitrogens with zero attached hydrogens (tertiary/aromatic N) is 1. The smallest absolute Gasteiger partial charge is 0.249 e. The fourth-order valence-corrected chi connectivity index (χ4v) is 3.26. The van der Waals surface area contributed by atoms with Crippen LogP contribution in [0.4, 0.5) is 0 Å². The van der Waals surface area contributed by atoms with Crippen LogP contribution in [0.3, 0.4) is 0 Å². The minimum atomic E-state index is 0.156. The van der Waals surface area contributed by atoms with Crippen molar-refractivity contribution in [3.05, 3.63) is 58.4 Å². The second-order valence-corrected chi connectivity index (χ2v) is 6.17. The van der Waals surface area contributed by atoms with Crippen molar-refractivity contribution in [3.63, 3.8) is 0 Å². The third kappa shape index (κ3) is 4.08. The number of hydrogen-bond donors (Lipinski definition) is 0. The Morgan fingerprint density at radius 2 is 1.75 bits per heavy atom. The Labute approximate surface area is 146 Å². The predicted octanol–water partition coefficient (Wildman–Crippen LogP) is 4.28. The molecule has 0 atom stereocenters. The molecule has 1 aromatic rings. The van der Waals surface area contributed by atoms with Gasteiger partial charge >= 0.3 is 0 Å². The van der Waals surface area contributed by atoms with E-state index in [-0.39, 0.29) is 5.91 Å². The summed E-state index contributed by atoms with van der Waals surface area (Å²) in [6.45, 7) is 7.67. The molecule has 3 nitrogen and oxygen atoms in total. The van der Waals surface area contributed by atoms with Crippen LogP contribution >= 0.6 is 0 Å². The topological polar surface area (TPSA) is 29.5 Å². The second kappa shape index (κ2) is 8.72. The summed E-state index contributed by atoms with van der Waals surface area (Å²) in [7, 11) is 1.73. The van der Waals surface area contributed by atoms with Gasteiger partial charge in [-0.15, -0.1) is 0 Å². The van der Waals surface area contributed by atoms with E-state index in [1.807, 2.05) is 18.7 Å². The van der Waals surface area contributed by atoms with Gasteiger partial charge in [0.2, 0.25) is 5.91 Å². The molecular weight excluding hydrogens is 298 g/mol. The van der Waals surface area contributed by atoms with Crippen LogP contribution in [-0.4, -0.2) is 31.0 Å². The summed E-state index contributed by atoms with van der Waals surface area (Å²) in [6, 6.07) is 8.47. The Hall–Kier alpha value is -2.03. The second-order valence-electron chi connectivity index (χ2n) is 6.17. The van der Waals surface area contributed by atoms with E-state index in [0.29, 0.717) is 0 Å². The zero-order valence-corrected chi connectivity index (χ0v) is 15.4. The Morgan fingerprint density at radius 3 is 2.29 bits per heavy atom. The third-order valence-corrected chi connectivity index (χ3v) is 4.65. The molecule has 1 aliphatic carbocycles. The van der Waals surface area contributed by atoms with E-state index in [4.69, 9.17) is 4.74 Å². The average Bonchev–Trinajstić information content (AvgIpc) is 2.61. The van der Waals surface area contributed by atoms with Crippen molar-refractivity contribution in [2.45, 2.75) is 46.5 Å². The molecule has 1 aliphatic rings. The number of methoxy groups -OCH3 is 1. The predicted molar refractivity (Wildman–Crippen MR) is 98.8 cm³/mol. The van der Waals surface area contributed by atoms with Gasteiger partial charge < -0.3 is 9.64 Å². The maximum Gasteiger partial charge on any atom is 0.249 e. The van der Waals surface area contributed by atoms with Crippen LogP contribution in [-0.2, 0) is 22.4 Å². The molecule has 0 unspecified atom stereocenters. The number of ether oxygens (including phenoxy) is 1. The maximum absolute atomic E-state index is 12.8. The van der Waals surface area contributed by atoms with Gasteiger partial charge in [-0.3, -0.25) is 4.79 Å². The molecule has 2 rings (SSSR count). The molecule has 0 bridgehead atoms. The van der Waals surface area contributed by atoms with Gasteiger partial charge in [-0.2, -0.15) is 0 Å². The maximum atomic E-state index is 12.8. The van der Waals surface area contributed by atoms with E-state index < -0.39 is 0 Å². The van der Waals surface area contributed by atoms with Crippen molar-refractivity contribution < 1.29 is 9.53 Å². The van der Waals surface area contributed by atoms with Crippen LogP contribution < -0.4 is 0 Å². The lowest BCUT2D eigenvalue weighted by atomic mass is 9.88. The number of allylic oxidation sites excluding steroid dienone is 3. The summed E-state index contributed by atoms with van der Waals surface area (Å²) in [5.41, 5.74) is 4.68. The number of hydrogen-bond acceptors (Lipinski definition) is 2. The van der Waals surface area contributed by atoms with Crippen LogP contribution in [0, 0.1) is 0 Å². The monoisotopic (exact) mass is 327 g/mol. The van der Waals surface area contributed by atoms with E-state index in [2.05, 4.69) is 37.3 Å². The SMILES string of the molecule is CCC/C(=C\C1=C(OC)Cc2ccccc2C1)C(=O)N(CC)CC. The van der Waals surface area contributed by atoms with Crippen LogP contribution in [0.15, 0.2) is 47.2 Å². The highest BCUT2D eigenvalue weighted by Gasteiger charge is 2.20. The Kier molecular flexibility index (Phi) is 6.65. The molecule has 0 saturated carbocycles. The van der Waals surface area contributed by atoms with E-state index in [1.54, 1.807) is 7.11 Å². The van der Waals surface area contributed by atoms with Gasteiger partial charge in [0.25, 0.3) is 0 Å². The fourth-order valence-electron chi connectivity index (χ4n) is 3.26. The van der Waals surface area contributed by atoms with Gasteiger partial charge in [0.05, 0.1) is 7.11 Å². The molecule has 0 radical (unpaired) electrons. The van der Waals surface area contributed by atoms with Crippen molar-refractivity contribution in [2.24, 2.45) is 0 Å². The highest BCUT2D eigenvalue weighted by atomic mass is 16.5. The van der Waals surface area contributed by atoms with Gasteiger partial charge in [0.15, 0.2) is 0 Å². The van der Waals surface area contributed by atoms with Crippen LogP contribution in [0.1, 0.15) is 44.7 Å². The molecule has 0 spiro atoms. The quantitative estimate of drug-likeness (QED) is 0.700. The number of fused-ring (bicyclic) bond motifs is 1. The number of carbonyl (C=O) groups excluding carboxylic acids is 1. The number of rotatable bonds is 7.